The van der Waals surface area contributed by atoms with Crippen LogP contribution in [0.4, 0.5) is 0 Å². The van der Waals surface area contributed by atoms with Gasteiger partial charge in [-0.3, -0.25) is 37.3 Å². The van der Waals surface area contributed by atoms with Crippen molar-refractivity contribution in [3.05, 3.63) is 0 Å². The Hall–Kier alpha value is -1.94. The summed E-state index contributed by atoms with van der Waals surface area (Å²) in [5, 5.41) is 10.6. The van der Waals surface area contributed by atoms with Crippen LogP contribution in [0.1, 0.15) is 395 Å². The molecular weight excluding hydrogens is 1260 g/mol. The lowest BCUT2D eigenvalue weighted by molar-refractivity contribution is -0.161. The van der Waals surface area contributed by atoms with Crippen LogP contribution in [0.3, 0.4) is 0 Å². The predicted octanol–water partition coefficient (Wildman–Crippen LogP) is 22.6. The quantitative estimate of drug-likeness (QED) is 0.0222. The fraction of sp³-hybridized carbons (Fsp3) is 0.948. The SMILES string of the molecule is CCCCCCCCCCCCCCCCCCCC(=O)OC[C@H](COP(=O)(O)OC[C@@H](O)COP(=O)(O)OC[C@@H](COC(=O)CCCCCCCCC(C)C)OC(=O)CCCCCCCCCCC(C)C)OC(=O)CCCCCCCCCCCCCCCCCCC(C)C. The average molecular weight is 1410 g/mol. The van der Waals surface area contributed by atoms with Crippen LogP contribution in [0.5, 0.6) is 0 Å². The van der Waals surface area contributed by atoms with Gasteiger partial charge in [0.05, 0.1) is 26.4 Å². The number of unbranched alkanes of at least 4 members (excludes halogenated alkanes) is 43. The first-order valence-corrected chi connectivity index (χ1v) is 42.8. The monoisotopic (exact) mass is 1410 g/mol. The number of carbonyl (C=O) groups excluding carboxylic acids is 4. The standard InChI is InChI=1S/C77H150O17P2/c1-8-9-10-11-12-13-14-15-16-17-21-24-27-30-36-44-51-58-74(79)87-64-72(93-76(81)60-53-46-37-31-28-25-22-19-18-20-23-26-29-34-41-48-55-68(2)3)66-91-95(83,84)89-62-71(78)63-90-96(85,86)92-67-73(65-88-75(80)59-52-45-40-39-43-50-57-70(6)7)94-77(82)61-54-47-38-33-32-35-42-49-56-69(4)5/h68-73,78H,8-67H2,1-7H3,(H,83,84)(H,85,86)/t71-,72-,73-/m1/s1. The van der Waals surface area contributed by atoms with Crippen LogP contribution in [-0.4, -0.2) is 96.7 Å². The van der Waals surface area contributed by atoms with Crippen molar-refractivity contribution in [3.63, 3.8) is 0 Å². The number of hydrogen-bond donors (Lipinski definition) is 3. The number of phosphoric acid groups is 2. The molecule has 0 amide bonds. The highest BCUT2D eigenvalue weighted by Crippen LogP contribution is 2.45. The van der Waals surface area contributed by atoms with E-state index in [9.17, 15) is 43.2 Å². The summed E-state index contributed by atoms with van der Waals surface area (Å²) >= 11 is 0. The van der Waals surface area contributed by atoms with Gasteiger partial charge in [-0.2, -0.15) is 0 Å². The molecule has 0 aromatic heterocycles. The van der Waals surface area contributed by atoms with Crippen LogP contribution in [0.25, 0.3) is 0 Å². The molecule has 570 valence electrons. The third kappa shape index (κ3) is 70.5. The second kappa shape index (κ2) is 67.5. The van der Waals surface area contributed by atoms with Gasteiger partial charge in [0.25, 0.3) is 0 Å². The molecule has 19 heteroatoms. The number of aliphatic hydroxyl groups is 1. The van der Waals surface area contributed by atoms with Crippen molar-refractivity contribution in [2.75, 3.05) is 39.6 Å². The number of aliphatic hydroxyl groups excluding tert-OH is 1. The molecule has 96 heavy (non-hydrogen) atoms. The van der Waals surface area contributed by atoms with Crippen molar-refractivity contribution in [2.45, 2.75) is 414 Å². The minimum atomic E-state index is -4.96. The average Bonchev–Trinajstić information content (AvgIpc) is 1.28. The third-order valence-electron chi connectivity index (χ3n) is 17.9. The molecule has 2 unspecified atom stereocenters. The van der Waals surface area contributed by atoms with Crippen LogP contribution in [0.15, 0.2) is 0 Å². The summed E-state index contributed by atoms with van der Waals surface area (Å²) in [6, 6.07) is 0. The molecule has 3 N–H and O–H groups in total. The second-order valence-corrected chi connectivity index (χ2v) is 32.1. The summed E-state index contributed by atoms with van der Waals surface area (Å²) < 4.78 is 68.5. The van der Waals surface area contributed by atoms with E-state index in [0.717, 1.165) is 108 Å². The van der Waals surface area contributed by atoms with Gasteiger partial charge in [-0.25, -0.2) is 9.13 Å². The zero-order valence-corrected chi connectivity index (χ0v) is 64.6. The maximum Gasteiger partial charge on any atom is 0.472 e. The molecule has 0 rings (SSSR count). The third-order valence-corrected chi connectivity index (χ3v) is 19.8. The zero-order chi connectivity index (χ0) is 70.9. The molecule has 0 radical (unpaired) electrons. The summed E-state index contributed by atoms with van der Waals surface area (Å²) in [7, 11) is -9.91. The van der Waals surface area contributed by atoms with Gasteiger partial charge >= 0.3 is 39.5 Å². The Morgan fingerprint density at radius 3 is 0.708 bits per heavy atom. The van der Waals surface area contributed by atoms with Crippen molar-refractivity contribution in [3.8, 4) is 0 Å². The largest absolute Gasteiger partial charge is 0.472 e. The summed E-state index contributed by atoms with van der Waals surface area (Å²) in [5.74, 6) is 0.0866. The summed E-state index contributed by atoms with van der Waals surface area (Å²) in [5.41, 5.74) is 0. The van der Waals surface area contributed by atoms with E-state index in [4.69, 9.17) is 37.0 Å². The lowest BCUT2D eigenvalue weighted by Crippen LogP contribution is -2.30. The van der Waals surface area contributed by atoms with Crippen molar-refractivity contribution in [2.24, 2.45) is 17.8 Å². The smallest absolute Gasteiger partial charge is 0.462 e. The molecule has 0 saturated carbocycles. The molecule has 0 bridgehead atoms. The molecule has 0 fully saturated rings. The first kappa shape index (κ1) is 94.1. The van der Waals surface area contributed by atoms with Gasteiger partial charge in [0.2, 0.25) is 0 Å². The predicted molar refractivity (Wildman–Crippen MR) is 391 cm³/mol. The van der Waals surface area contributed by atoms with Gasteiger partial charge in [0.15, 0.2) is 12.2 Å². The number of hydrogen-bond acceptors (Lipinski definition) is 15. The summed E-state index contributed by atoms with van der Waals surface area (Å²) in [6.45, 7) is 11.8. The van der Waals surface area contributed by atoms with E-state index in [1.165, 1.54) is 199 Å². The van der Waals surface area contributed by atoms with Crippen LogP contribution in [0.2, 0.25) is 0 Å². The van der Waals surface area contributed by atoms with E-state index in [0.29, 0.717) is 31.6 Å². The van der Waals surface area contributed by atoms with Crippen molar-refractivity contribution >= 4 is 39.5 Å². The number of carbonyl (C=O) groups is 4. The Morgan fingerprint density at radius 2 is 0.479 bits per heavy atom. The van der Waals surface area contributed by atoms with Gasteiger partial charge in [-0.15, -0.1) is 0 Å². The topological polar surface area (TPSA) is 237 Å². The van der Waals surface area contributed by atoms with E-state index >= 15 is 0 Å². The van der Waals surface area contributed by atoms with E-state index in [-0.39, 0.29) is 25.7 Å². The van der Waals surface area contributed by atoms with Crippen molar-refractivity contribution in [1.82, 2.24) is 0 Å². The Labute approximate surface area is 588 Å². The second-order valence-electron chi connectivity index (χ2n) is 29.2. The lowest BCUT2D eigenvalue weighted by Gasteiger charge is -2.21. The van der Waals surface area contributed by atoms with Crippen molar-refractivity contribution in [1.29, 1.82) is 0 Å². The van der Waals surface area contributed by atoms with Crippen LogP contribution >= 0.6 is 15.6 Å². The molecule has 0 aromatic rings. The van der Waals surface area contributed by atoms with Crippen molar-refractivity contribution < 1.29 is 80.2 Å². The number of esters is 4. The first-order chi connectivity index (χ1) is 46.2. The molecule has 0 aromatic carbocycles. The van der Waals surface area contributed by atoms with E-state index in [1.54, 1.807) is 0 Å². The maximum absolute atomic E-state index is 13.1. The maximum atomic E-state index is 13.1. The van der Waals surface area contributed by atoms with Gasteiger partial charge in [-0.05, 0) is 43.4 Å². The fourth-order valence-corrected chi connectivity index (χ4v) is 13.4. The minimum absolute atomic E-state index is 0.103. The number of phosphoric ester groups is 2. The Morgan fingerprint density at radius 1 is 0.281 bits per heavy atom. The highest BCUT2D eigenvalue weighted by atomic mass is 31.2. The van der Waals surface area contributed by atoms with Crippen LogP contribution in [0, 0.1) is 17.8 Å². The first-order valence-electron chi connectivity index (χ1n) is 39.8. The highest BCUT2D eigenvalue weighted by molar-refractivity contribution is 7.47. The Bertz CT molecular complexity index is 1870. The molecule has 5 atom stereocenters. The minimum Gasteiger partial charge on any atom is -0.462 e. The molecular formula is C77H150O17P2. The fourth-order valence-electron chi connectivity index (χ4n) is 11.8. The Balaban J connectivity index is 5.21. The van der Waals surface area contributed by atoms with Gasteiger partial charge in [0.1, 0.15) is 19.3 Å². The Kier molecular flexibility index (Phi) is 66.2. The molecule has 0 aliphatic carbocycles. The normalized spacial score (nSPS) is 14.1. The molecule has 0 saturated heterocycles. The number of ether oxygens (including phenoxy) is 4. The van der Waals surface area contributed by atoms with E-state index in [2.05, 4.69) is 48.5 Å². The van der Waals surface area contributed by atoms with E-state index in [1.807, 2.05) is 0 Å². The van der Waals surface area contributed by atoms with Gasteiger partial charge < -0.3 is 33.8 Å². The van der Waals surface area contributed by atoms with Gasteiger partial charge in [0, 0.05) is 25.7 Å². The lowest BCUT2D eigenvalue weighted by atomic mass is 10.0. The van der Waals surface area contributed by atoms with Crippen LogP contribution in [-0.2, 0) is 65.4 Å². The molecule has 0 aliphatic rings. The summed E-state index contributed by atoms with van der Waals surface area (Å²) in [4.78, 5) is 72.8. The molecule has 17 nitrogen and oxygen atoms in total. The van der Waals surface area contributed by atoms with Gasteiger partial charge in [-0.1, -0.05) is 344 Å². The molecule has 0 spiro atoms. The molecule has 0 heterocycles. The molecule has 0 aliphatic heterocycles. The summed E-state index contributed by atoms with van der Waals surface area (Å²) in [6.07, 6.45) is 54.4. The zero-order valence-electron chi connectivity index (χ0n) is 62.8. The van der Waals surface area contributed by atoms with E-state index < -0.39 is 97.5 Å². The van der Waals surface area contributed by atoms with Crippen LogP contribution < -0.4 is 0 Å². The number of rotatable bonds is 75. The highest BCUT2D eigenvalue weighted by Gasteiger charge is 2.30.